The van der Waals surface area contributed by atoms with Crippen molar-refractivity contribution in [3.63, 3.8) is 0 Å². The van der Waals surface area contributed by atoms with Crippen LogP contribution in [0.3, 0.4) is 0 Å². The predicted molar refractivity (Wildman–Crippen MR) is 56.2 cm³/mol. The Morgan fingerprint density at radius 3 is 2.40 bits per heavy atom. The fourth-order valence-electron chi connectivity index (χ4n) is 1.35. The Morgan fingerprint density at radius 2 is 2.00 bits per heavy atom. The summed E-state index contributed by atoms with van der Waals surface area (Å²) in [6.07, 6.45) is -0.398. The van der Waals surface area contributed by atoms with Gasteiger partial charge in [-0.25, -0.2) is 4.79 Å². The number of carbonyl (C=O) groups is 1. The minimum Gasteiger partial charge on any atom is -0.444 e. The Kier molecular flexibility index (Phi) is 2.96. The highest BCUT2D eigenvalue weighted by molar-refractivity contribution is 5.70. The molecule has 0 aromatic carbocycles. The lowest BCUT2D eigenvalue weighted by Gasteiger charge is -2.43. The van der Waals surface area contributed by atoms with Crippen molar-refractivity contribution in [3.8, 4) is 11.8 Å². The van der Waals surface area contributed by atoms with Crippen molar-refractivity contribution in [2.75, 3.05) is 13.1 Å². The molecule has 0 spiro atoms. The summed E-state index contributed by atoms with van der Waals surface area (Å²) in [5.74, 6) is 5.30. The summed E-state index contributed by atoms with van der Waals surface area (Å²) < 4.78 is 5.14. The zero-order valence-corrected chi connectivity index (χ0v) is 9.63. The number of nitrogens with zero attached hydrogens (tertiary/aromatic N) is 1. The van der Waals surface area contributed by atoms with Crippen LogP contribution in [0.25, 0.3) is 0 Å². The van der Waals surface area contributed by atoms with Gasteiger partial charge < -0.3 is 14.7 Å². The number of rotatable bonds is 0. The first-order chi connectivity index (χ1) is 6.76. The highest BCUT2D eigenvalue weighted by Crippen LogP contribution is 2.22. The standard InChI is InChI=1S/C11H17NO3/c1-5-6-11(14)7-12(8-11)9(13)15-10(2,3)4/h14H,7-8H2,1-4H3. The Morgan fingerprint density at radius 1 is 1.47 bits per heavy atom. The zero-order chi connectivity index (χ0) is 11.7. The molecule has 0 aromatic rings. The van der Waals surface area contributed by atoms with Gasteiger partial charge in [-0.05, 0) is 27.7 Å². The minimum absolute atomic E-state index is 0.225. The fourth-order valence-corrected chi connectivity index (χ4v) is 1.35. The van der Waals surface area contributed by atoms with Gasteiger partial charge in [-0.3, -0.25) is 0 Å². The molecule has 1 amide bonds. The molecule has 4 nitrogen and oxygen atoms in total. The number of amides is 1. The van der Waals surface area contributed by atoms with E-state index in [1.54, 1.807) is 6.92 Å². The zero-order valence-electron chi connectivity index (χ0n) is 9.63. The molecule has 4 heteroatoms. The van der Waals surface area contributed by atoms with E-state index in [-0.39, 0.29) is 13.1 Å². The molecule has 0 bridgehead atoms. The third kappa shape index (κ3) is 3.14. The minimum atomic E-state index is -1.04. The molecule has 0 atom stereocenters. The summed E-state index contributed by atoms with van der Waals surface area (Å²) in [5, 5.41) is 9.70. The predicted octanol–water partition coefficient (Wildman–Crippen LogP) is 0.992. The SMILES string of the molecule is CC#CC1(O)CN(C(=O)OC(C)(C)C)C1. The van der Waals surface area contributed by atoms with Crippen LogP contribution in [0.1, 0.15) is 27.7 Å². The van der Waals surface area contributed by atoms with E-state index in [0.29, 0.717) is 0 Å². The van der Waals surface area contributed by atoms with Gasteiger partial charge in [-0.2, -0.15) is 0 Å². The number of β-amino-alcohol motifs (C(OH)–C–C–N with tert-alkyl or cyclic N) is 1. The third-order valence-corrected chi connectivity index (χ3v) is 1.91. The first kappa shape index (κ1) is 11.9. The van der Waals surface area contributed by atoms with Gasteiger partial charge in [0.15, 0.2) is 5.60 Å². The second kappa shape index (κ2) is 3.74. The summed E-state index contributed by atoms with van der Waals surface area (Å²) in [6.45, 7) is 7.54. The summed E-state index contributed by atoms with van der Waals surface area (Å²) in [7, 11) is 0. The van der Waals surface area contributed by atoms with Crippen LogP contribution in [0.4, 0.5) is 4.79 Å². The van der Waals surface area contributed by atoms with E-state index < -0.39 is 17.3 Å². The maximum Gasteiger partial charge on any atom is 0.410 e. The van der Waals surface area contributed by atoms with Gasteiger partial charge >= 0.3 is 6.09 Å². The van der Waals surface area contributed by atoms with Crippen LogP contribution in [0.15, 0.2) is 0 Å². The van der Waals surface area contributed by atoms with E-state index in [0.717, 1.165) is 0 Å². The summed E-state index contributed by atoms with van der Waals surface area (Å²) in [6, 6.07) is 0. The molecule has 84 valence electrons. The number of ether oxygens (including phenoxy) is 1. The fraction of sp³-hybridized carbons (Fsp3) is 0.727. The van der Waals surface area contributed by atoms with Gasteiger partial charge in [-0.1, -0.05) is 5.92 Å². The Bertz CT molecular complexity index is 313. The maximum absolute atomic E-state index is 11.5. The number of hydrogen-bond donors (Lipinski definition) is 1. The Balaban J connectivity index is 2.45. The van der Waals surface area contributed by atoms with E-state index in [1.807, 2.05) is 20.8 Å². The normalized spacial score (nSPS) is 18.6. The Labute approximate surface area is 90.2 Å². The average molecular weight is 211 g/mol. The number of carbonyl (C=O) groups excluding carboxylic acids is 1. The quantitative estimate of drug-likeness (QED) is 0.608. The topological polar surface area (TPSA) is 49.8 Å². The van der Waals surface area contributed by atoms with Crippen molar-refractivity contribution < 1.29 is 14.6 Å². The lowest BCUT2D eigenvalue weighted by atomic mass is 9.96. The molecule has 15 heavy (non-hydrogen) atoms. The first-order valence-electron chi connectivity index (χ1n) is 4.90. The van der Waals surface area contributed by atoms with Crippen molar-refractivity contribution in [2.24, 2.45) is 0 Å². The molecule has 1 saturated heterocycles. The molecule has 1 N–H and O–H groups in total. The number of hydrogen-bond acceptors (Lipinski definition) is 3. The summed E-state index contributed by atoms with van der Waals surface area (Å²) in [4.78, 5) is 12.9. The van der Waals surface area contributed by atoms with Crippen LogP contribution in [0, 0.1) is 11.8 Å². The second-order valence-electron chi connectivity index (χ2n) is 4.74. The second-order valence-corrected chi connectivity index (χ2v) is 4.74. The van der Waals surface area contributed by atoms with Crippen LogP contribution >= 0.6 is 0 Å². The van der Waals surface area contributed by atoms with Crippen molar-refractivity contribution in [2.45, 2.75) is 38.9 Å². The molecule has 0 radical (unpaired) electrons. The highest BCUT2D eigenvalue weighted by Gasteiger charge is 2.43. The number of likely N-dealkylation sites (tertiary alicyclic amines) is 1. The van der Waals surface area contributed by atoms with Crippen LogP contribution in [-0.4, -0.2) is 40.4 Å². The lowest BCUT2D eigenvalue weighted by molar-refractivity contribution is -0.0637. The van der Waals surface area contributed by atoms with Gasteiger partial charge in [-0.15, -0.1) is 5.92 Å². The molecule has 1 aliphatic rings. The monoisotopic (exact) mass is 211 g/mol. The molecule has 0 aliphatic carbocycles. The van der Waals surface area contributed by atoms with Gasteiger partial charge in [0.05, 0.1) is 13.1 Å². The van der Waals surface area contributed by atoms with Crippen molar-refractivity contribution >= 4 is 6.09 Å². The summed E-state index contributed by atoms with van der Waals surface area (Å²) in [5.41, 5.74) is -1.53. The Hall–Kier alpha value is -1.21. The van der Waals surface area contributed by atoms with Crippen molar-refractivity contribution in [3.05, 3.63) is 0 Å². The molecule has 1 aliphatic heterocycles. The van der Waals surface area contributed by atoms with Crippen LogP contribution < -0.4 is 0 Å². The van der Waals surface area contributed by atoms with E-state index in [4.69, 9.17) is 4.74 Å². The van der Waals surface area contributed by atoms with Crippen LogP contribution in [0.2, 0.25) is 0 Å². The van der Waals surface area contributed by atoms with Crippen molar-refractivity contribution in [1.82, 2.24) is 4.90 Å². The summed E-state index contributed by atoms with van der Waals surface area (Å²) >= 11 is 0. The van der Waals surface area contributed by atoms with Crippen LogP contribution in [0.5, 0.6) is 0 Å². The van der Waals surface area contributed by atoms with E-state index in [2.05, 4.69) is 11.8 Å². The molecule has 0 unspecified atom stereocenters. The number of aliphatic hydroxyl groups is 1. The van der Waals surface area contributed by atoms with Gasteiger partial charge in [0.1, 0.15) is 5.60 Å². The molecule has 1 fully saturated rings. The largest absolute Gasteiger partial charge is 0.444 e. The van der Waals surface area contributed by atoms with Gasteiger partial charge in [0.2, 0.25) is 0 Å². The molecular weight excluding hydrogens is 194 g/mol. The third-order valence-electron chi connectivity index (χ3n) is 1.91. The van der Waals surface area contributed by atoms with Crippen LogP contribution in [-0.2, 0) is 4.74 Å². The molecule has 0 saturated carbocycles. The van der Waals surface area contributed by atoms with E-state index in [9.17, 15) is 9.90 Å². The molecular formula is C11H17NO3. The molecule has 1 rings (SSSR count). The molecule has 0 aromatic heterocycles. The average Bonchev–Trinajstić information content (AvgIpc) is 1.96. The van der Waals surface area contributed by atoms with Gasteiger partial charge in [0, 0.05) is 0 Å². The first-order valence-corrected chi connectivity index (χ1v) is 4.90. The smallest absolute Gasteiger partial charge is 0.410 e. The lowest BCUT2D eigenvalue weighted by Crippen LogP contribution is -2.63. The highest BCUT2D eigenvalue weighted by atomic mass is 16.6. The van der Waals surface area contributed by atoms with Crippen molar-refractivity contribution in [1.29, 1.82) is 0 Å². The maximum atomic E-state index is 11.5. The van der Waals surface area contributed by atoms with Gasteiger partial charge in [0.25, 0.3) is 0 Å². The van der Waals surface area contributed by atoms with E-state index in [1.165, 1.54) is 4.90 Å². The molecule has 1 heterocycles. The van der Waals surface area contributed by atoms with E-state index >= 15 is 0 Å².